The minimum Gasteiger partial charge on any atom is -0.454 e. The molecule has 3 fully saturated rings. The van der Waals surface area contributed by atoms with Crippen LogP contribution in [0.15, 0.2) is 18.2 Å². The molecule has 10 nitrogen and oxygen atoms in total. The summed E-state index contributed by atoms with van der Waals surface area (Å²) in [7, 11) is 0. The minimum atomic E-state index is -0.208. The number of amides is 1. The van der Waals surface area contributed by atoms with Crippen molar-refractivity contribution in [2.75, 3.05) is 20.0 Å². The van der Waals surface area contributed by atoms with Crippen molar-refractivity contribution in [1.82, 2.24) is 25.5 Å². The zero-order valence-electron chi connectivity index (χ0n) is 15.0. The van der Waals surface area contributed by atoms with E-state index in [-0.39, 0.29) is 42.9 Å². The van der Waals surface area contributed by atoms with Crippen LogP contribution in [0, 0.1) is 5.92 Å². The highest BCUT2D eigenvalue weighted by atomic mass is 16.7. The molecule has 1 aromatic heterocycles. The second-order valence-electron chi connectivity index (χ2n) is 7.57. The van der Waals surface area contributed by atoms with Crippen molar-refractivity contribution < 1.29 is 23.7 Å². The van der Waals surface area contributed by atoms with Gasteiger partial charge in [-0.05, 0) is 41.5 Å². The topological polar surface area (TPSA) is 110 Å². The van der Waals surface area contributed by atoms with Crippen LogP contribution in [-0.2, 0) is 14.3 Å². The van der Waals surface area contributed by atoms with Gasteiger partial charge in [0.15, 0.2) is 17.3 Å². The first-order chi connectivity index (χ1) is 13.8. The Hall–Kier alpha value is -2.72. The standard InChI is InChI=1S/C18H19N5O5/c24-18(9-1-2-9)19-11-6-25-16-12(7-26-15(11)16)23-17(20-21-22-23)10-3-4-13-14(5-10)28-8-27-13/h3-5,9,11-12,15-16H,1-2,6-8H2,(H,19,24)/t11-,12-,15+,16+/m0/s1. The Balaban J connectivity index is 1.24. The summed E-state index contributed by atoms with van der Waals surface area (Å²) in [6.45, 7) is 1.07. The third-order valence-electron chi connectivity index (χ3n) is 5.74. The predicted octanol–water partition coefficient (Wildman–Crippen LogP) is 0.302. The first-order valence-electron chi connectivity index (χ1n) is 9.49. The normalized spacial score (nSPS) is 30.4. The Kier molecular flexibility index (Phi) is 3.57. The molecule has 2 aromatic rings. The van der Waals surface area contributed by atoms with E-state index in [1.165, 1.54) is 0 Å². The van der Waals surface area contributed by atoms with Crippen molar-refractivity contribution in [2.24, 2.45) is 5.92 Å². The number of nitrogens with zero attached hydrogens (tertiary/aromatic N) is 4. The van der Waals surface area contributed by atoms with Gasteiger partial charge in [0.25, 0.3) is 0 Å². The Labute approximate surface area is 160 Å². The number of carbonyl (C=O) groups excluding carboxylic acids is 1. The summed E-state index contributed by atoms with van der Waals surface area (Å²) < 4.78 is 24.6. The van der Waals surface area contributed by atoms with Crippen molar-refractivity contribution in [1.29, 1.82) is 0 Å². The first kappa shape index (κ1) is 16.3. The lowest BCUT2D eigenvalue weighted by molar-refractivity contribution is -0.123. The van der Waals surface area contributed by atoms with Gasteiger partial charge in [0, 0.05) is 11.5 Å². The number of aromatic nitrogens is 4. The van der Waals surface area contributed by atoms with Gasteiger partial charge in [-0.15, -0.1) is 5.10 Å². The lowest BCUT2D eigenvalue weighted by Crippen LogP contribution is -2.44. The van der Waals surface area contributed by atoms with Crippen molar-refractivity contribution in [3.05, 3.63) is 18.2 Å². The lowest BCUT2D eigenvalue weighted by Gasteiger charge is -2.18. The predicted molar refractivity (Wildman–Crippen MR) is 92.5 cm³/mol. The van der Waals surface area contributed by atoms with Gasteiger partial charge < -0.3 is 24.3 Å². The van der Waals surface area contributed by atoms with Crippen LogP contribution in [0.4, 0.5) is 0 Å². The molecule has 3 aliphatic heterocycles. The van der Waals surface area contributed by atoms with Crippen molar-refractivity contribution in [2.45, 2.75) is 37.1 Å². The highest BCUT2D eigenvalue weighted by molar-refractivity contribution is 5.81. The molecular formula is C18H19N5O5. The molecule has 1 saturated carbocycles. The minimum absolute atomic E-state index is 0.102. The van der Waals surface area contributed by atoms with Gasteiger partial charge >= 0.3 is 0 Å². The number of ether oxygens (including phenoxy) is 4. The van der Waals surface area contributed by atoms with Crippen LogP contribution in [0.25, 0.3) is 11.4 Å². The summed E-state index contributed by atoms with van der Waals surface area (Å²) in [5.41, 5.74) is 0.828. The molecule has 1 amide bonds. The number of benzene rings is 1. The summed E-state index contributed by atoms with van der Waals surface area (Å²) in [5.74, 6) is 2.26. The second-order valence-corrected chi connectivity index (χ2v) is 7.57. The fourth-order valence-electron chi connectivity index (χ4n) is 4.10. The molecule has 28 heavy (non-hydrogen) atoms. The maximum Gasteiger partial charge on any atom is 0.231 e. The highest BCUT2D eigenvalue weighted by Gasteiger charge is 2.50. The number of rotatable bonds is 4. The van der Waals surface area contributed by atoms with Crippen LogP contribution in [0.3, 0.4) is 0 Å². The quantitative estimate of drug-likeness (QED) is 0.800. The molecule has 0 radical (unpaired) electrons. The van der Waals surface area contributed by atoms with E-state index in [1.807, 2.05) is 18.2 Å². The third kappa shape index (κ3) is 2.55. The van der Waals surface area contributed by atoms with Crippen LogP contribution in [-0.4, -0.2) is 64.4 Å². The van der Waals surface area contributed by atoms with Crippen LogP contribution in [0.2, 0.25) is 0 Å². The van der Waals surface area contributed by atoms with Gasteiger partial charge in [-0.2, -0.15) is 0 Å². The van der Waals surface area contributed by atoms with Crippen molar-refractivity contribution in [3.8, 4) is 22.9 Å². The van der Waals surface area contributed by atoms with Gasteiger partial charge in [-0.1, -0.05) is 0 Å². The number of fused-ring (bicyclic) bond motifs is 2. The lowest BCUT2D eigenvalue weighted by atomic mass is 10.1. The summed E-state index contributed by atoms with van der Waals surface area (Å²) in [4.78, 5) is 12.1. The van der Waals surface area contributed by atoms with E-state index >= 15 is 0 Å². The average molecular weight is 385 g/mol. The Morgan fingerprint density at radius 1 is 1.11 bits per heavy atom. The van der Waals surface area contributed by atoms with Gasteiger partial charge in [-0.25, -0.2) is 4.68 Å². The maximum absolute atomic E-state index is 12.1. The van der Waals surface area contributed by atoms with Crippen LogP contribution < -0.4 is 14.8 Å². The van der Waals surface area contributed by atoms with E-state index in [1.54, 1.807) is 4.68 Å². The van der Waals surface area contributed by atoms with Crippen LogP contribution >= 0.6 is 0 Å². The number of hydrogen-bond donors (Lipinski definition) is 1. The number of hydrogen-bond acceptors (Lipinski definition) is 8. The molecule has 0 bridgehead atoms. The smallest absolute Gasteiger partial charge is 0.231 e. The SMILES string of the molecule is O=C(N[C@H]1CO[C@H]2[C@@H]1OC[C@@H]2n1nnnc1-c1ccc2c(c1)OCO2)C1CC1. The number of tetrazole rings is 1. The summed E-state index contributed by atoms with van der Waals surface area (Å²) in [6, 6.07) is 5.32. The average Bonchev–Trinajstić information content (AvgIpc) is 3.09. The molecule has 1 N–H and O–H groups in total. The molecule has 0 spiro atoms. The fraction of sp³-hybridized carbons (Fsp3) is 0.556. The van der Waals surface area contributed by atoms with Gasteiger partial charge in [0.2, 0.25) is 12.7 Å². The molecule has 146 valence electrons. The van der Waals surface area contributed by atoms with Gasteiger partial charge in [0.1, 0.15) is 18.2 Å². The monoisotopic (exact) mass is 385 g/mol. The molecule has 2 saturated heterocycles. The van der Waals surface area contributed by atoms with E-state index in [4.69, 9.17) is 18.9 Å². The molecule has 6 rings (SSSR count). The molecule has 4 heterocycles. The van der Waals surface area contributed by atoms with Crippen LogP contribution in [0.1, 0.15) is 18.9 Å². The van der Waals surface area contributed by atoms with E-state index in [0.717, 1.165) is 18.4 Å². The van der Waals surface area contributed by atoms with Gasteiger partial charge in [-0.3, -0.25) is 4.79 Å². The summed E-state index contributed by atoms with van der Waals surface area (Å²) >= 11 is 0. The summed E-state index contributed by atoms with van der Waals surface area (Å²) in [6.07, 6.45) is 1.54. The van der Waals surface area contributed by atoms with Crippen LogP contribution in [0.5, 0.6) is 11.5 Å². The zero-order chi connectivity index (χ0) is 18.7. The molecular weight excluding hydrogens is 366 g/mol. The fourth-order valence-corrected chi connectivity index (χ4v) is 4.10. The largest absolute Gasteiger partial charge is 0.454 e. The number of nitrogens with one attached hydrogen (secondary N) is 1. The zero-order valence-corrected chi connectivity index (χ0v) is 15.0. The highest BCUT2D eigenvalue weighted by Crippen LogP contribution is 2.39. The Morgan fingerprint density at radius 3 is 2.86 bits per heavy atom. The second kappa shape index (κ2) is 6.14. The van der Waals surface area contributed by atoms with E-state index in [9.17, 15) is 4.79 Å². The summed E-state index contributed by atoms with van der Waals surface area (Å²) in [5, 5.41) is 15.3. The molecule has 4 atom stereocenters. The van der Waals surface area contributed by atoms with Crippen molar-refractivity contribution >= 4 is 5.91 Å². The molecule has 0 unspecified atom stereocenters. The Bertz CT molecular complexity index is 929. The maximum atomic E-state index is 12.1. The van der Waals surface area contributed by atoms with E-state index in [0.29, 0.717) is 30.5 Å². The molecule has 1 aromatic carbocycles. The van der Waals surface area contributed by atoms with Crippen molar-refractivity contribution in [3.63, 3.8) is 0 Å². The van der Waals surface area contributed by atoms with E-state index < -0.39 is 0 Å². The van der Waals surface area contributed by atoms with E-state index in [2.05, 4.69) is 20.8 Å². The number of carbonyl (C=O) groups is 1. The third-order valence-corrected chi connectivity index (χ3v) is 5.74. The Morgan fingerprint density at radius 2 is 1.96 bits per heavy atom. The molecule has 4 aliphatic rings. The molecule has 1 aliphatic carbocycles. The first-order valence-corrected chi connectivity index (χ1v) is 9.49. The van der Waals surface area contributed by atoms with Gasteiger partial charge in [0.05, 0.1) is 19.3 Å². The molecule has 10 heteroatoms.